The highest BCUT2D eigenvalue weighted by molar-refractivity contribution is 9.10. The van der Waals surface area contributed by atoms with Crippen molar-refractivity contribution in [2.24, 2.45) is 18.7 Å². The fourth-order valence-electron chi connectivity index (χ4n) is 3.16. The molecule has 1 fully saturated rings. The van der Waals surface area contributed by atoms with Crippen molar-refractivity contribution in [1.29, 1.82) is 0 Å². The molecule has 0 radical (unpaired) electrons. The van der Waals surface area contributed by atoms with Crippen LogP contribution in [0.3, 0.4) is 0 Å². The fourth-order valence-corrected chi connectivity index (χ4v) is 3.75. The molecule has 3 atom stereocenters. The predicted octanol–water partition coefficient (Wildman–Crippen LogP) is 2.78. The minimum atomic E-state index is -0.256. The van der Waals surface area contributed by atoms with Crippen molar-refractivity contribution in [3.8, 4) is 0 Å². The van der Waals surface area contributed by atoms with E-state index >= 15 is 0 Å². The van der Waals surface area contributed by atoms with E-state index in [9.17, 15) is 0 Å². The van der Waals surface area contributed by atoms with Gasteiger partial charge in [0.1, 0.15) is 0 Å². The average molecular weight is 316 g/mol. The first-order valence-electron chi connectivity index (χ1n) is 6.48. The maximum Gasteiger partial charge on any atom is 0.0888 e. The summed E-state index contributed by atoms with van der Waals surface area (Å²) >= 11 is 3.53. The van der Waals surface area contributed by atoms with Crippen molar-refractivity contribution in [3.63, 3.8) is 0 Å². The first-order valence-corrected chi connectivity index (χ1v) is 7.27. The molecule has 2 rings (SSSR count). The van der Waals surface area contributed by atoms with Crippen LogP contribution < -0.4 is 5.73 Å². The Kier molecular flexibility index (Phi) is 4.14. The first-order chi connectivity index (χ1) is 8.50. The smallest absolute Gasteiger partial charge is 0.0888 e. The van der Waals surface area contributed by atoms with Crippen LogP contribution in [0.1, 0.15) is 44.3 Å². The third kappa shape index (κ3) is 2.36. The number of nitrogens with two attached hydrogens (primary N) is 1. The maximum absolute atomic E-state index is 6.51. The van der Waals surface area contributed by atoms with E-state index in [0.717, 1.165) is 23.0 Å². The molecule has 1 heterocycles. The molecule has 0 bridgehead atoms. The molecule has 0 amide bonds. The molecule has 1 saturated carbocycles. The SMILES string of the molecule is COC1(C(N)c2c(Br)cnn2C)CCCC(C)C1. The Labute approximate surface area is 117 Å². The number of ether oxygens (including phenoxy) is 1. The van der Waals surface area contributed by atoms with Crippen molar-refractivity contribution in [2.45, 2.75) is 44.2 Å². The predicted molar refractivity (Wildman–Crippen MR) is 75.2 cm³/mol. The van der Waals surface area contributed by atoms with Crippen LogP contribution in [0.5, 0.6) is 0 Å². The summed E-state index contributed by atoms with van der Waals surface area (Å²) in [6.45, 7) is 2.28. The number of nitrogens with zero attached hydrogens (tertiary/aromatic N) is 2. The standard InChI is InChI=1S/C13H22BrN3O/c1-9-5-4-6-13(7-9,18-3)12(15)11-10(14)8-16-17(11)2/h8-9,12H,4-7,15H2,1-3H3. The largest absolute Gasteiger partial charge is 0.376 e. The highest BCUT2D eigenvalue weighted by Gasteiger charge is 2.42. The van der Waals surface area contributed by atoms with Gasteiger partial charge in [0.15, 0.2) is 0 Å². The number of aromatic nitrogens is 2. The number of rotatable bonds is 3. The number of halogens is 1. The van der Waals surface area contributed by atoms with Gasteiger partial charge in [0.05, 0.1) is 28.0 Å². The second kappa shape index (κ2) is 5.31. The van der Waals surface area contributed by atoms with Crippen LogP contribution in [0.2, 0.25) is 0 Å². The van der Waals surface area contributed by atoms with E-state index in [1.54, 1.807) is 13.3 Å². The van der Waals surface area contributed by atoms with E-state index in [0.29, 0.717) is 5.92 Å². The molecule has 102 valence electrons. The molecule has 18 heavy (non-hydrogen) atoms. The van der Waals surface area contributed by atoms with Crippen LogP contribution in [0.15, 0.2) is 10.7 Å². The van der Waals surface area contributed by atoms with Crippen molar-refractivity contribution in [3.05, 3.63) is 16.4 Å². The molecule has 1 aliphatic rings. The van der Waals surface area contributed by atoms with Gasteiger partial charge in [-0.2, -0.15) is 5.10 Å². The summed E-state index contributed by atoms with van der Waals surface area (Å²) in [5, 5.41) is 4.25. The van der Waals surface area contributed by atoms with E-state index < -0.39 is 0 Å². The van der Waals surface area contributed by atoms with Crippen molar-refractivity contribution < 1.29 is 4.74 Å². The van der Waals surface area contributed by atoms with Gasteiger partial charge in [0.25, 0.3) is 0 Å². The third-order valence-corrected chi connectivity index (χ3v) is 4.81. The molecule has 0 aliphatic heterocycles. The molecule has 2 N–H and O–H groups in total. The monoisotopic (exact) mass is 315 g/mol. The topological polar surface area (TPSA) is 53.1 Å². The number of methoxy groups -OCH3 is 1. The Hall–Kier alpha value is -0.390. The Morgan fingerprint density at radius 3 is 2.89 bits per heavy atom. The Morgan fingerprint density at radius 2 is 2.39 bits per heavy atom. The van der Waals surface area contributed by atoms with Crippen molar-refractivity contribution in [1.82, 2.24) is 9.78 Å². The first kappa shape index (κ1) is 14.0. The third-order valence-electron chi connectivity index (χ3n) is 4.20. The van der Waals surface area contributed by atoms with Crippen LogP contribution in [0, 0.1) is 5.92 Å². The molecule has 4 nitrogen and oxygen atoms in total. The van der Waals surface area contributed by atoms with Crippen molar-refractivity contribution in [2.75, 3.05) is 7.11 Å². The van der Waals surface area contributed by atoms with Gasteiger partial charge in [-0.05, 0) is 34.7 Å². The zero-order valence-electron chi connectivity index (χ0n) is 11.3. The van der Waals surface area contributed by atoms with Crippen LogP contribution in [-0.2, 0) is 11.8 Å². The second-order valence-electron chi connectivity index (χ2n) is 5.45. The minimum Gasteiger partial charge on any atom is -0.376 e. The van der Waals surface area contributed by atoms with Gasteiger partial charge >= 0.3 is 0 Å². The summed E-state index contributed by atoms with van der Waals surface area (Å²) in [4.78, 5) is 0. The quantitative estimate of drug-likeness (QED) is 0.933. The van der Waals surface area contributed by atoms with Crippen LogP contribution >= 0.6 is 15.9 Å². The Bertz CT molecular complexity index is 401. The van der Waals surface area contributed by atoms with Gasteiger partial charge in [0.2, 0.25) is 0 Å². The summed E-state index contributed by atoms with van der Waals surface area (Å²) in [5.41, 5.74) is 7.27. The van der Waals surface area contributed by atoms with Gasteiger partial charge in [-0.25, -0.2) is 0 Å². The van der Waals surface area contributed by atoms with Crippen LogP contribution in [0.25, 0.3) is 0 Å². The molecular formula is C13H22BrN3O. The van der Waals surface area contributed by atoms with E-state index in [1.165, 1.54) is 12.8 Å². The lowest BCUT2D eigenvalue weighted by atomic mass is 9.74. The lowest BCUT2D eigenvalue weighted by Crippen LogP contribution is -2.47. The number of hydrogen-bond acceptors (Lipinski definition) is 3. The van der Waals surface area contributed by atoms with Gasteiger partial charge in [0, 0.05) is 14.2 Å². The fraction of sp³-hybridized carbons (Fsp3) is 0.769. The molecular weight excluding hydrogens is 294 g/mol. The van der Waals surface area contributed by atoms with Gasteiger partial charge in [-0.3, -0.25) is 4.68 Å². The van der Waals surface area contributed by atoms with Gasteiger partial charge < -0.3 is 10.5 Å². The zero-order chi connectivity index (χ0) is 13.3. The van der Waals surface area contributed by atoms with Crippen LogP contribution in [-0.4, -0.2) is 22.5 Å². The molecule has 3 unspecified atom stereocenters. The summed E-state index contributed by atoms with van der Waals surface area (Å²) in [6, 6.07) is -0.146. The summed E-state index contributed by atoms with van der Waals surface area (Å²) in [7, 11) is 3.71. The van der Waals surface area contributed by atoms with E-state index in [1.807, 2.05) is 11.7 Å². The Balaban J connectivity index is 2.32. The molecule has 0 saturated heterocycles. The molecule has 1 aliphatic carbocycles. The normalized spacial score (nSPS) is 30.4. The number of hydrogen-bond donors (Lipinski definition) is 1. The highest BCUT2D eigenvalue weighted by Crippen LogP contribution is 2.43. The van der Waals surface area contributed by atoms with Gasteiger partial charge in [-0.1, -0.05) is 19.8 Å². The highest BCUT2D eigenvalue weighted by atomic mass is 79.9. The molecule has 1 aromatic rings. The van der Waals surface area contributed by atoms with Crippen LogP contribution in [0.4, 0.5) is 0 Å². The average Bonchev–Trinajstić information content (AvgIpc) is 2.68. The molecule has 1 aromatic heterocycles. The van der Waals surface area contributed by atoms with E-state index in [2.05, 4.69) is 28.0 Å². The van der Waals surface area contributed by atoms with Crippen molar-refractivity contribution >= 4 is 15.9 Å². The second-order valence-corrected chi connectivity index (χ2v) is 6.30. The summed E-state index contributed by atoms with van der Waals surface area (Å²) < 4.78 is 8.66. The lowest BCUT2D eigenvalue weighted by Gasteiger charge is -2.43. The number of aryl methyl sites for hydroxylation is 1. The van der Waals surface area contributed by atoms with E-state index in [-0.39, 0.29) is 11.6 Å². The maximum atomic E-state index is 6.51. The summed E-state index contributed by atoms with van der Waals surface area (Å²) in [5.74, 6) is 0.664. The Morgan fingerprint density at radius 1 is 1.67 bits per heavy atom. The lowest BCUT2D eigenvalue weighted by molar-refractivity contribution is -0.0734. The van der Waals surface area contributed by atoms with E-state index in [4.69, 9.17) is 10.5 Å². The molecule has 0 spiro atoms. The summed E-state index contributed by atoms with van der Waals surface area (Å²) in [6.07, 6.45) is 6.28. The minimum absolute atomic E-state index is 0.146. The molecule has 0 aromatic carbocycles. The zero-order valence-corrected chi connectivity index (χ0v) is 12.9. The van der Waals surface area contributed by atoms with Gasteiger partial charge in [-0.15, -0.1) is 0 Å². The molecule has 5 heteroatoms.